The number of rotatable bonds is 4. The Hall–Kier alpha value is -1.83. The van der Waals surface area contributed by atoms with Gasteiger partial charge in [0, 0.05) is 13.0 Å². The Bertz CT molecular complexity index is 392. The SMILES string of the molecule is CC(C)(C)OC(=O)N(C(=O)OC(C)(C)C)C(CCO)C(=O)O. The molecule has 0 saturated carbocycles. The molecule has 22 heavy (non-hydrogen) atoms. The summed E-state index contributed by atoms with van der Waals surface area (Å²) in [5.41, 5.74) is -1.83. The lowest BCUT2D eigenvalue weighted by Crippen LogP contribution is -2.52. The fraction of sp³-hybridized carbons (Fsp3) is 0.786. The maximum absolute atomic E-state index is 12.2. The second-order valence-corrected chi connectivity index (χ2v) is 6.70. The van der Waals surface area contributed by atoms with Crippen LogP contribution in [-0.4, -0.2) is 57.1 Å². The van der Waals surface area contributed by atoms with Gasteiger partial charge in [0.15, 0.2) is 0 Å². The van der Waals surface area contributed by atoms with Crippen LogP contribution in [-0.2, 0) is 14.3 Å². The Morgan fingerprint density at radius 3 is 1.55 bits per heavy atom. The topological polar surface area (TPSA) is 113 Å². The van der Waals surface area contributed by atoms with Gasteiger partial charge in [-0.25, -0.2) is 14.4 Å². The summed E-state index contributed by atoms with van der Waals surface area (Å²) in [7, 11) is 0. The highest BCUT2D eigenvalue weighted by Gasteiger charge is 2.39. The minimum Gasteiger partial charge on any atom is -0.480 e. The maximum atomic E-state index is 12.2. The number of nitrogens with zero attached hydrogens (tertiary/aromatic N) is 1. The average Bonchev–Trinajstić information content (AvgIpc) is 2.22. The van der Waals surface area contributed by atoms with Crippen LogP contribution in [0.4, 0.5) is 9.59 Å². The standard InChI is InChI=1S/C14H25NO7/c1-13(2,3)21-11(19)15(9(7-8-16)10(17)18)12(20)22-14(4,5)6/h9,16H,7-8H2,1-6H3,(H,17,18). The third-order valence-corrected chi connectivity index (χ3v) is 2.18. The lowest BCUT2D eigenvalue weighted by molar-refractivity contribution is -0.143. The molecule has 0 fully saturated rings. The van der Waals surface area contributed by atoms with Crippen LogP contribution >= 0.6 is 0 Å². The molecule has 0 aromatic rings. The summed E-state index contributed by atoms with van der Waals surface area (Å²) in [5.74, 6) is -1.44. The van der Waals surface area contributed by atoms with Gasteiger partial charge in [0.1, 0.15) is 17.2 Å². The van der Waals surface area contributed by atoms with Gasteiger partial charge in [-0.1, -0.05) is 0 Å². The number of ether oxygens (including phenoxy) is 2. The lowest BCUT2D eigenvalue weighted by atomic mass is 10.2. The summed E-state index contributed by atoms with van der Waals surface area (Å²) in [4.78, 5) is 36.0. The first-order valence-corrected chi connectivity index (χ1v) is 6.87. The van der Waals surface area contributed by atoms with Crippen molar-refractivity contribution in [3.05, 3.63) is 0 Å². The molecule has 0 aromatic heterocycles. The van der Waals surface area contributed by atoms with Gasteiger partial charge in [0.2, 0.25) is 0 Å². The largest absolute Gasteiger partial charge is 0.480 e. The molecule has 0 aliphatic carbocycles. The van der Waals surface area contributed by atoms with Crippen LogP contribution in [0, 0.1) is 0 Å². The Kier molecular flexibility index (Phi) is 6.82. The summed E-state index contributed by atoms with van der Waals surface area (Å²) < 4.78 is 10.1. The number of hydrogen-bond acceptors (Lipinski definition) is 6. The minimum absolute atomic E-state index is 0.326. The molecule has 0 aliphatic rings. The molecular formula is C14H25NO7. The van der Waals surface area contributed by atoms with Gasteiger partial charge in [-0.15, -0.1) is 0 Å². The summed E-state index contributed by atoms with van der Waals surface area (Å²) in [6, 6.07) is -1.57. The van der Waals surface area contributed by atoms with Gasteiger partial charge >= 0.3 is 18.2 Å². The lowest BCUT2D eigenvalue weighted by Gasteiger charge is -2.31. The number of hydrogen-bond donors (Lipinski definition) is 2. The number of imide groups is 1. The Morgan fingerprint density at radius 1 is 0.955 bits per heavy atom. The highest BCUT2D eigenvalue weighted by molar-refractivity contribution is 5.93. The molecule has 2 amide bonds. The number of carbonyl (C=O) groups excluding carboxylic acids is 2. The zero-order valence-electron chi connectivity index (χ0n) is 13.9. The van der Waals surface area contributed by atoms with Crippen molar-refractivity contribution in [1.82, 2.24) is 4.90 Å². The van der Waals surface area contributed by atoms with Crippen LogP contribution in [0.1, 0.15) is 48.0 Å². The highest BCUT2D eigenvalue weighted by Crippen LogP contribution is 2.18. The van der Waals surface area contributed by atoms with E-state index in [-0.39, 0.29) is 6.42 Å². The van der Waals surface area contributed by atoms with Crippen LogP contribution in [0.5, 0.6) is 0 Å². The summed E-state index contributed by atoms with van der Waals surface area (Å²) in [6.07, 6.45) is -2.60. The van der Waals surface area contributed by atoms with Gasteiger partial charge in [-0.3, -0.25) is 0 Å². The van der Waals surface area contributed by atoms with Gasteiger partial charge in [-0.2, -0.15) is 4.90 Å². The maximum Gasteiger partial charge on any atom is 0.420 e. The van der Waals surface area contributed by atoms with Gasteiger partial charge < -0.3 is 19.7 Å². The fourth-order valence-corrected chi connectivity index (χ4v) is 1.44. The van der Waals surface area contributed by atoms with Crippen molar-refractivity contribution in [2.24, 2.45) is 0 Å². The number of carboxylic acid groups (broad SMARTS) is 1. The van der Waals surface area contributed by atoms with Crippen molar-refractivity contribution >= 4 is 18.2 Å². The van der Waals surface area contributed by atoms with Crippen LogP contribution < -0.4 is 0 Å². The minimum atomic E-state index is -1.57. The summed E-state index contributed by atoms with van der Waals surface area (Å²) in [5, 5.41) is 18.2. The molecule has 8 nitrogen and oxygen atoms in total. The third-order valence-electron chi connectivity index (χ3n) is 2.18. The van der Waals surface area contributed by atoms with Crippen LogP contribution in [0.2, 0.25) is 0 Å². The number of aliphatic hydroxyl groups is 1. The molecule has 1 unspecified atom stereocenters. The number of carboxylic acids is 1. The molecule has 128 valence electrons. The highest BCUT2D eigenvalue weighted by atomic mass is 16.6. The molecule has 1 atom stereocenters. The molecule has 8 heteroatoms. The zero-order chi connectivity index (χ0) is 17.7. The van der Waals surface area contributed by atoms with E-state index in [1.807, 2.05) is 0 Å². The third kappa shape index (κ3) is 7.26. The molecule has 2 N–H and O–H groups in total. The molecular weight excluding hydrogens is 294 g/mol. The van der Waals surface area contributed by atoms with E-state index in [0.29, 0.717) is 4.90 Å². The first kappa shape index (κ1) is 20.2. The Labute approximate surface area is 130 Å². The molecule has 0 aliphatic heterocycles. The van der Waals surface area contributed by atoms with E-state index in [4.69, 9.17) is 14.6 Å². The smallest absolute Gasteiger partial charge is 0.420 e. The van der Waals surface area contributed by atoms with E-state index < -0.39 is 42.0 Å². The van der Waals surface area contributed by atoms with Crippen LogP contribution in [0.15, 0.2) is 0 Å². The Morgan fingerprint density at radius 2 is 1.32 bits per heavy atom. The molecule has 0 spiro atoms. The van der Waals surface area contributed by atoms with E-state index in [9.17, 15) is 19.5 Å². The van der Waals surface area contributed by atoms with Crippen molar-refractivity contribution in [2.75, 3.05) is 6.61 Å². The molecule has 0 aromatic carbocycles. The van der Waals surface area contributed by atoms with Gasteiger partial charge in [0.05, 0.1) is 0 Å². The van der Waals surface area contributed by atoms with Crippen LogP contribution in [0.25, 0.3) is 0 Å². The predicted molar refractivity (Wildman–Crippen MR) is 77.4 cm³/mol. The molecule has 0 radical (unpaired) electrons. The molecule has 0 rings (SSSR count). The van der Waals surface area contributed by atoms with Crippen molar-refractivity contribution in [2.45, 2.75) is 65.2 Å². The van der Waals surface area contributed by atoms with E-state index in [1.54, 1.807) is 41.5 Å². The van der Waals surface area contributed by atoms with Crippen LogP contribution in [0.3, 0.4) is 0 Å². The van der Waals surface area contributed by atoms with E-state index >= 15 is 0 Å². The quantitative estimate of drug-likeness (QED) is 0.814. The molecule has 0 saturated heterocycles. The van der Waals surface area contributed by atoms with Crippen molar-refractivity contribution < 1.29 is 34.1 Å². The zero-order valence-corrected chi connectivity index (χ0v) is 13.9. The molecule has 0 heterocycles. The number of aliphatic hydroxyl groups excluding tert-OH is 1. The first-order chi connectivity index (χ1) is 9.78. The van der Waals surface area contributed by atoms with Crippen molar-refractivity contribution in [3.8, 4) is 0 Å². The van der Waals surface area contributed by atoms with E-state index in [0.717, 1.165) is 0 Å². The van der Waals surface area contributed by atoms with E-state index in [2.05, 4.69) is 0 Å². The summed E-state index contributed by atoms with van der Waals surface area (Å²) >= 11 is 0. The van der Waals surface area contributed by atoms with E-state index in [1.165, 1.54) is 0 Å². The number of amides is 2. The number of aliphatic carboxylic acids is 1. The first-order valence-electron chi connectivity index (χ1n) is 6.87. The molecule has 0 bridgehead atoms. The van der Waals surface area contributed by atoms with Gasteiger partial charge in [0.25, 0.3) is 0 Å². The second-order valence-electron chi connectivity index (χ2n) is 6.70. The normalized spacial score (nSPS) is 13.2. The predicted octanol–water partition coefficient (Wildman–Crippen LogP) is 1.99. The average molecular weight is 319 g/mol. The van der Waals surface area contributed by atoms with Gasteiger partial charge in [-0.05, 0) is 41.5 Å². The fourth-order valence-electron chi connectivity index (χ4n) is 1.44. The Balaban J connectivity index is 5.50. The van der Waals surface area contributed by atoms with Crippen molar-refractivity contribution in [3.63, 3.8) is 0 Å². The second kappa shape index (κ2) is 7.44. The monoisotopic (exact) mass is 319 g/mol. The summed E-state index contributed by atoms with van der Waals surface area (Å²) in [6.45, 7) is 8.99. The van der Waals surface area contributed by atoms with Crippen molar-refractivity contribution in [1.29, 1.82) is 0 Å². The number of carbonyl (C=O) groups is 3.